The predicted molar refractivity (Wildman–Crippen MR) is 122 cm³/mol. The first-order valence-electron chi connectivity index (χ1n) is 9.94. The number of rotatable bonds is 4. The van der Waals surface area contributed by atoms with Gasteiger partial charge in [0.15, 0.2) is 6.10 Å². The number of hydrogen-bond acceptors (Lipinski definition) is 6. The van der Waals surface area contributed by atoms with E-state index in [1.807, 2.05) is 0 Å². The highest BCUT2D eigenvalue weighted by Crippen LogP contribution is 2.48. The van der Waals surface area contributed by atoms with Gasteiger partial charge in [-0.3, -0.25) is 24.5 Å². The highest BCUT2D eigenvalue weighted by atomic mass is 35.5. The van der Waals surface area contributed by atoms with Gasteiger partial charge in [0.05, 0.1) is 22.3 Å². The SMILES string of the molecule is O=C1C2ON(c3ccc(Cl)cc3)C(c3cccc([N+](=O)[O-])c3)C2C(=O)N1c1ccc(Cl)cc1. The summed E-state index contributed by atoms with van der Waals surface area (Å²) in [5, 5.41) is 13.8. The van der Waals surface area contributed by atoms with Crippen molar-refractivity contribution in [2.75, 3.05) is 9.96 Å². The van der Waals surface area contributed by atoms with Crippen molar-refractivity contribution in [3.63, 3.8) is 0 Å². The number of nitrogens with zero attached hydrogens (tertiary/aromatic N) is 3. The lowest BCUT2D eigenvalue weighted by molar-refractivity contribution is -0.384. The molecule has 2 fully saturated rings. The molecule has 0 radical (unpaired) electrons. The second-order valence-electron chi connectivity index (χ2n) is 7.64. The van der Waals surface area contributed by atoms with Crippen LogP contribution in [0.2, 0.25) is 10.0 Å². The molecule has 0 spiro atoms. The fraction of sp³-hybridized carbons (Fsp3) is 0.130. The van der Waals surface area contributed by atoms with Gasteiger partial charge in [0.25, 0.3) is 11.6 Å². The second kappa shape index (κ2) is 8.15. The van der Waals surface area contributed by atoms with Crippen molar-refractivity contribution in [2.24, 2.45) is 5.92 Å². The molecule has 5 rings (SSSR count). The third-order valence-electron chi connectivity index (χ3n) is 5.70. The number of hydrogen-bond donors (Lipinski definition) is 0. The number of hydroxylamine groups is 1. The molecule has 8 nitrogen and oxygen atoms in total. The standard InChI is InChI=1S/C23H15Cl2N3O5/c24-14-4-8-16(9-5-14)26-22(29)19-20(13-2-1-3-18(12-13)28(31)32)27(33-21(19)23(26)30)17-10-6-15(25)7-11-17/h1-12,19-21H. The highest BCUT2D eigenvalue weighted by Gasteiger charge is 2.60. The lowest BCUT2D eigenvalue weighted by Gasteiger charge is -2.28. The maximum atomic E-state index is 13.5. The zero-order valence-corrected chi connectivity index (χ0v) is 18.3. The van der Waals surface area contributed by atoms with Gasteiger partial charge < -0.3 is 0 Å². The van der Waals surface area contributed by atoms with Gasteiger partial charge in [-0.1, -0.05) is 35.3 Å². The Morgan fingerprint density at radius 2 is 1.45 bits per heavy atom. The Labute approximate surface area is 198 Å². The number of nitro benzene ring substituents is 1. The van der Waals surface area contributed by atoms with Crippen molar-refractivity contribution in [3.8, 4) is 0 Å². The van der Waals surface area contributed by atoms with Crippen molar-refractivity contribution in [1.29, 1.82) is 0 Å². The molecule has 3 aromatic carbocycles. The van der Waals surface area contributed by atoms with Crippen molar-refractivity contribution >= 4 is 52.1 Å². The van der Waals surface area contributed by atoms with Crippen LogP contribution >= 0.6 is 23.2 Å². The van der Waals surface area contributed by atoms with Crippen LogP contribution in [0.4, 0.5) is 17.1 Å². The van der Waals surface area contributed by atoms with Crippen LogP contribution in [0.25, 0.3) is 0 Å². The first-order valence-corrected chi connectivity index (χ1v) is 10.7. The number of nitro groups is 1. The third-order valence-corrected chi connectivity index (χ3v) is 6.21. The number of anilines is 2. The molecule has 33 heavy (non-hydrogen) atoms. The van der Waals surface area contributed by atoms with Gasteiger partial charge in [-0.15, -0.1) is 0 Å². The number of amides is 2. The first-order chi connectivity index (χ1) is 15.8. The van der Waals surface area contributed by atoms with Gasteiger partial charge in [-0.05, 0) is 54.1 Å². The summed E-state index contributed by atoms with van der Waals surface area (Å²) in [7, 11) is 0. The largest absolute Gasteiger partial charge is 0.273 e. The van der Waals surface area contributed by atoms with Gasteiger partial charge in [0.1, 0.15) is 5.92 Å². The van der Waals surface area contributed by atoms with E-state index in [0.717, 1.165) is 4.90 Å². The number of fused-ring (bicyclic) bond motifs is 1. The maximum absolute atomic E-state index is 13.5. The van der Waals surface area contributed by atoms with Crippen LogP contribution in [0.5, 0.6) is 0 Å². The fourth-order valence-electron chi connectivity index (χ4n) is 4.23. The number of benzene rings is 3. The molecule has 2 amide bonds. The van der Waals surface area contributed by atoms with E-state index in [1.54, 1.807) is 60.7 Å². The van der Waals surface area contributed by atoms with Crippen molar-refractivity contribution < 1.29 is 19.3 Å². The highest BCUT2D eigenvalue weighted by molar-refractivity contribution is 6.31. The molecule has 3 aromatic rings. The maximum Gasteiger partial charge on any atom is 0.269 e. The summed E-state index contributed by atoms with van der Waals surface area (Å²) in [4.78, 5) is 44.7. The Bertz CT molecular complexity index is 1270. The lowest BCUT2D eigenvalue weighted by atomic mass is 9.90. The molecule has 0 aromatic heterocycles. The van der Waals surface area contributed by atoms with Crippen LogP contribution in [0.1, 0.15) is 11.6 Å². The molecule has 10 heteroatoms. The van der Waals surface area contributed by atoms with E-state index in [1.165, 1.54) is 17.2 Å². The molecule has 0 N–H and O–H groups in total. The Hall–Kier alpha value is -3.46. The number of halogens is 2. The quantitative estimate of drug-likeness (QED) is 0.296. The smallest absolute Gasteiger partial charge is 0.269 e. The van der Waals surface area contributed by atoms with E-state index >= 15 is 0 Å². The van der Waals surface area contributed by atoms with Crippen LogP contribution in [0, 0.1) is 16.0 Å². The average Bonchev–Trinajstić information content (AvgIpc) is 3.31. The molecule has 2 aliphatic rings. The average molecular weight is 484 g/mol. The number of non-ortho nitro benzene ring substituents is 1. The predicted octanol–water partition coefficient (Wildman–Crippen LogP) is 4.95. The van der Waals surface area contributed by atoms with E-state index in [-0.39, 0.29) is 5.69 Å². The van der Waals surface area contributed by atoms with E-state index in [2.05, 4.69) is 0 Å². The Kier molecular flexibility index (Phi) is 5.28. The molecule has 2 saturated heterocycles. The molecule has 3 unspecified atom stereocenters. The summed E-state index contributed by atoms with van der Waals surface area (Å²) in [6.45, 7) is 0. The summed E-state index contributed by atoms with van der Waals surface area (Å²) in [5.74, 6) is -1.88. The summed E-state index contributed by atoms with van der Waals surface area (Å²) < 4.78 is 0. The van der Waals surface area contributed by atoms with Gasteiger partial charge in [-0.2, -0.15) is 0 Å². The van der Waals surface area contributed by atoms with Gasteiger partial charge >= 0.3 is 0 Å². The van der Waals surface area contributed by atoms with Gasteiger partial charge in [0, 0.05) is 22.2 Å². The minimum Gasteiger partial charge on any atom is -0.273 e. The molecule has 3 atom stereocenters. The Balaban J connectivity index is 1.60. The number of carbonyl (C=O) groups excluding carboxylic acids is 2. The van der Waals surface area contributed by atoms with E-state index < -0.39 is 34.8 Å². The summed E-state index contributed by atoms with van der Waals surface area (Å²) >= 11 is 12.0. The normalized spacial score (nSPS) is 22.1. The topological polar surface area (TPSA) is 93.0 Å². The van der Waals surface area contributed by atoms with Crippen LogP contribution < -0.4 is 9.96 Å². The van der Waals surface area contributed by atoms with E-state index in [0.29, 0.717) is 27.0 Å². The number of carbonyl (C=O) groups is 2. The second-order valence-corrected chi connectivity index (χ2v) is 8.51. The molecule has 0 bridgehead atoms. The van der Waals surface area contributed by atoms with E-state index in [4.69, 9.17) is 28.0 Å². The van der Waals surface area contributed by atoms with Crippen molar-refractivity contribution in [2.45, 2.75) is 12.1 Å². The van der Waals surface area contributed by atoms with Crippen LogP contribution in [0.15, 0.2) is 72.8 Å². The van der Waals surface area contributed by atoms with Gasteiger partial charge in [0.2, 0.25) is 5.91 Å². The first kappa shape index (κ1) is 21.4. The van der Waals surface area contributed by atoms with Crippen LogP contribution in [-0.2, 0) is 14.4 Å². The van der Waals surface area contributed by atoms with Crippen LogP contribution in [-0.4, -0.2) is 22.8 Å². The molecular weight excluding hydrogens is 469 g/mol. The minimum atomic E-state index is -1.09. The molecule has 166 valence electrons. The Morgan fingerprint density at radius 1 is 0.848 bits per heavy atom. The minimum absolute atomic E-state index is 0.127. The van der Waals surface area contributed by atoms with Gasteiger partial charge in [-0.25, -0.2) is 9.96 Å². The summed E-state index contributed by atoms with van der Waals surface area (Å²) in [6.07, 6.45) is -1.09. The molecule has 0 saturated carbocycles. The molecule has 2 heterocycles. The lowest BCUT2D eigenvalue weighted by Crippen LogP contribution is -2.37. The molecule has 2 aliphatic heterocycles. The number of imide groups is 1. The Morgan fingerprint density at radius 3 is 2.06 bits per heavy atom. The van der Waals surface area contributed by atoms with Crippen LogP contribution in [0.3, 0.4) is 0 Å². The molecule has 0 aliphatic carbocycles. The van der Waals surface area contributed by atoms with E-state index in [9.17, 15) is 19.7 Å². The summed E-state index contributed by atoms with van der Waals surface area (Å²) in [6, 6.07) is 18.2. The van der Waals surface area contributed by atoms with Crippen molar-refractivity contribution in [3.05, 3.63) is 98.5 Å². The zero-order valence-electron chi connectivity index (χ0n) is 16.8. The summed E-state index contributed by atoms with van der Waals surface area (Å²) in [5.41, 5.74) is 1.29. The molecular formula is C23H15Cl2N3O5. The zero-order chi connectivity index (χ0) is 23.3. The fourth-order valence-corrected chi connectivity index (χ4v) is 4.48. The van der Waals surface area contributed by atoms with Crippen molar-refractivity contribution in [1.82, 2.24) is 0 Å². The monoisotopic (exact) mass is 483 g/mol. The third kappa shape index (κ3) is 3.62.